The standard InChI is InChI=1S/C21H25N3O4/c1-14-13-17(8-11-19(14)23-15(2)25)24-20(26)5-4-12-22-21(27)16-6-9-18(28-3)10-7-16/h6-11,13H,4-5,12H2,1-3H3,(H,22,27)(H,23,25)(H,24,26). The van der Waals surface area contributed by atoms with Crippen LogP contribution in [0.15, 0.2) is 42.5 Å². The molecule has 0 bridgehead atoms. The Hall–Kier alpha value is -3.35. The normalized spacial score (nSPS) is 10.1. The molecule has 0 spiro atoms. The molecule has 0 heterocycles. The highest BCUT2D eigenvalue weighted by Gasteiger charge is 2.08. The van der Waals surface area contributed by atoms with Crippen molar-refractivity contribution in [3.8, 4) is 5.75 Å². The summed E-state index contributed by atoms with van der Waals surface area (Å²) in [6.07, 6.45) is 0.812. The van der Waals surface area contributed by atoms with Gasteiger partial charge in [-0.25, -0.2) is 0 Å². The van der Waals surface area contributed by atoms with Crippen LogP contribution in [0.3, 0.4) is 0 Å². The SMILES string of the molecule is COc1ccc(C(=O)NCCCC(=O)Nc2ccc(NC(C)=O)c(C)c2)cc1. The van der Waals surface area contributed by atoms with E-state index in [4.69, 9.17) is 4.74 Å². The van der Waals surface area contributed by atoms with Crippen LogP contribution >= 0.6 is 0 Å². The average molecular weight is 383 g/mol. The molecule has 2 aromatic rings. The number of hydrogen-bond acceptors (Lipinski definition) is 4. The highest BCUT2D eigenvalue weighted by molar-refractivity contribution is 5.94. The van der Waals surface area contributed by atoms with Gasteiger partial charge in [-0.05, 0) is 61.4 Å². The molecule has 7 heteroatoms. The van der Waals surface area contributed by atoms with Crippen molar-refractivity contribution in [2.45, 2.75) is 26.7 Å². The molecular weight excluding hydrogens is 358 g/mol. The van der Waals surface area contributed by atoms with Gasteiger partial charge in [-0.2, -0.15) is 0 Å². The lowest BCUT2D eigenvalue weighted by Gasteiger charge is -2.10. The first-order valence-corrected chi connectivity index (χ1v) is 8.99. The van der Waals surface area contributed by atoms with Gasteiger partial charge in [-0.15, -0.1) is 0 Å². The van der Waals surface area contributed by atoms with Gasteiger partial charge >= 0.3 is 0 Å². The van der Waals surface area contributed by atoms with Crippen LogP contribution in [-0.2, 0) is 9.59 Å². The molecule has 0 aliphatic rings. The molecule has 0 saturated heterocycles. The summed E-state index contributed by atoms with van der Waals surface area (Å²) in [5.41, 5.74) is 2.78. The number of benzene rings is 2. The first kappa shape index (κ1) is 21.0. The Morgan fingerprint density at radius 1 is 1.00 bits per heavy atom. The van der Waals surface area contributed by atoms with Gasteiger partial charge in [0, 0.05) is 36.8 Å². The molecule has 3 N–H and O–H groups in total. The molecule has 0 fully saturated rings. The van der Waals surface area contributed by atoms with E-state index in [0.29, 0.717) is 35.7 Å². The molecule has 148 valence electrons. The summed E-state index contributed by atoms with van der Waals surface area (Å²) >= 11 is 0. The second-order valence-electron chi connectivity index (χ2n) is 6.35. The largest absolute Gasteiger partial charge is 0.497 e. The van der Waals surface area contributed by atoms with Gasteiger partial charge in [0.2, 0.25) is 11.8 Å². The number of ether oxygens (including phenoxy) is 1. The van der Waals surface area contributed by atoms with Crippen LogP contribution in [-0.4, -0.2) is 31.4 Å². The Morgan fingerprint density at radius 2 is 1.71 bits per heavy atom. The van der Waals surface area contributed by atoms with E-state index in [1.165, 1.54) is 6.92 Å². The summed E-state index contributed by atoms with van der Waals surface area (Å²) in [5.74, 6) is 0.225. The lowest BCUT2D eigenvalue weighted by molar-refractivity contribution is -0.116. The van der Waals surface area contributed by atoms with Crippen LogP contribution in [0, 0.1) is 6.92 Å². The lowest BCUT2D eigenvalue weighted by atomic mass is 10.1. The smallest absolute Gasteiger partial charge is 0.251 e. The molecule has 7 nitrogen and oxygen atoms in total. The fourth-order valence-electron chi connectivity index (χ4n) is 2.59. The van der Waals surface area contributed by atoms with Gasteiger partial charge in [0.1, 0.15) is 5.75 Å². The number of carbonyl (C=O) groups excluding carboxylic acids is 3. The zero-order valence-corrected chi connectivity index (χ0v) is 16.3. The molecule has 0 saturated carbocycles. The fraction of sp³-hybridized carbons (Fsp3) is 0.286. The third-order valence-corrected chi connectivity index (χ3v) is 4.04. The summed E-state index contributed by atoms with van der Waals surface area (Å²) in [6, 6.07) is 12.1. The van der Waals surface area contributed by atoms with E-state index in [9.17, 15) is 14.4 Å². The van der Waals surface area contributed by atoms with Crippen molar-refractivity contribution in [3.63, 3.8) is 0 Å². The first-order valence-electron chi connectivity index (χ1n) is 8.99. The van der Waals surface area contributed by atoms with Crippen LogP contribution in [0.4, 0.5) is 11.4 Å². The molecule has 0 aromatic heterocycles. The zero-order valence-electron chi connectivity index (χ0n) is 16.3. The van der Waals surface area contributed by atoms with E-state index in [1.54, 1.807) is 49.6 Å². The van der Waals surface area contributed by atoms with Gasteiger partial charge in [-0.1, -0.05) is 0 Å². The second kappa shape index (κ2) is 10.1. The van der Waals surface area contributed by atoms with Crippen molar-refractivity contribution in [2.24, 2.45) is 0 Å². The van der Waals surface area contributed by atoms with E-state index in [-0.39, 0.29) is 24.1 Å². The minimum absolute atomic E-state index is 0.134. The topological polar surface area (TPSA) is 96.5 Å². The summed E-state index contributed by atoms with van der Waals surface area (Å²) in [4.78, 5) is 35.2. The van der Waals surface area contributed by atoms with Crippen LogP contribution < -0.4 is 20.7 Å². The third-order valence-electron chi connectivity index (χ3n) is 4.04. The third kappa shape index (κ3) is 6.42. The second-order valence-corrected chi connectivity index (χ2v) is 6.35. The summed E-state index contributed by atoms with van der Waals surface area (Å²) in [6.45, 7) is 3.71. The Bertz CT molecular complexity index is 847. The summed E-state index contributed by atoms with van der Waals surface area (Å²) < 4.78 is 5.06. The maximum Gasteiger partial charge on any atom is 0.251 e. The highest BCUT2D eigenvalue weighted by atomic mass is 16.5. The van der Waals surface area contributed by atoms with Crippen LogP contribution in [0.25, 0.3) is 0 Å². The molecule has 3 amide bonds. The summed E-state index contributed by atoms with van der Waals surface area (Å²) in [5, 5.41) is 8.34. The van der Waals surface area contributed by atoms with E-state index in [2.05, 4.69) is 16.0 Å². The molecule has 0 unspecified atom stereocenters. The van der Waals surface area contributed by atoms with Gasteiger partial charge < -0.3 is 20.7 Å². The Kier molecular flexibility index (Phi) is 7.56. The van der Waals surface area contributed by atoms with Crippen molar-refractivity contribution in [1.29, 1.82) is 0 Å². The van der Waals surface area contributed by atoms with Crippen LogP contribution in [0.5, 0.6) is 5.75 Å². The number of carbonyl (C=O) groups is 3. The van der Waals surface area contributed by atoms with Crippen molar-refractivity contribution in [1.82, 2.24) is 5.32 Å². The molecule has 0 aliphatic heterocycles. The minimum Gasteiger partial charge on any atom is -0.497 e. The molecule has 0 atom stereocenters. The van der Waals surface area contributed by atoms with Gasteiger partial charge in [0.05, 0.1) is 7.11 Å². The molecular formula is C21H25N3O4. The Morgan fingerprint density at radius 3 is 2.32 bits per heavy atom. The van der Waals surface area contributed by atoms with Gasteiger partial charge in [-0.3, -0.25) is 14.4 Å². The number of hydrogen-bond donors (Lipinski definition) is 3. The number of rotatable bonds is 8. The Balaban J connectivity index is 1.74. The maximum absolute atomic E-state index is 12.1. The van der Waals surface area contributed by atoms with Crippen LogP contribution in [0.1, 0.15) is 35.7 Å². The molecule has 0 radical (unpaired) electrons. The summed E-state index contributed by atoms with van der Waals surface area (Å²) in [7, 11) is 1.57. The number of amides is 3. The van der Waals surface area contributed by atoms with E-state index in [0.717, 1.165) is 5.56 Å². The molecule has 2 rings (SSSR count). The monoisotopic (exact) mass is 383 g/mol. The predicted molar refractivity (Wildman–Crippen MR) is 109 cm³/mol. The quantitative estimate of drug-likeness (QED) is 0.610. The average Bonchev–Trinajstić information content (AvgIpc) is 2.67. The van der Waals surface area contributed by atoms with Crippen molar-refractivity contribution in [3.05, 3.63) is 53.6 Å². The van der Waals surface area contributed by atoms with Crippen molar-refractivity contribution < 1.29 is 19.1 Å². The van der Waals surface area contributed by atoms with E-state index in [1.807, 2.05) is 6.92 Å². The molecule has 28 heavy (non-hydrogen) atoms. The number of aryl methyl sites for hydroxylation is 1. The van der Waals surface area contributed by atoms with Gasteiger partial charge in [0.25, 0.3) is 5.91 Å². The number of anilines is 2. The first-order chi connectivity index (χ1) is 13.4. The van der Waals surface area contributed by atoms with Crippen molar-refractivity contribution >= 4 is 29.1 Å². The van der Waals surface area contributed by atoms with Crippen LogP contribution in [0.2, 0.25) is 0 Å². The Labute approximate surface area is 164 Å². The highest BCUT2D eigenvalue weighted by Crippen LogP contribution is 2.20. The zero-order chi connectivity index (χ0) is 20.5. The lowest BCUT2D eigenvalue weighted by Crippen LogP contribution is -2.25. The van der Waals surface area contributed by atoms with E-state index >= 15 is 0 Å². The van der Waals surface area contributed by atoms with Crippen molar-refractivity contribution in [2.75, 3.05) is 24.3 Å². The predicted octanol–water partition coefficient (Wildman–Crippen LogP) is 3.11. The minimum atomic E-state index is -0.188. The fourth-order valence-corrected chi connectivity index (χ4v) is 2.59. The molecule has 0 aliphatic carbocycles. The molecule has 2 aromatic carbocycles. The number of methoxy groups -OCH3 is 1. The maximum atomic E-state index is 12.1. The van der Waals surface area contributed by atoms with E-state index < -0.39 is 0 Å². The van der Waals surface area contributed by atoms with Gasteiger partial charge in [0.15, 0.2) is 0 Å². The number of nitrogens with one attached hydrogen (secondary N) is 3.